The van der Waals surface area contributed by atoms with Crippen LogP contribution in [0, 0.1) is 0 Å². The molecular formula is C10H26N2O2Si. The van der Waals surface area contributed by atoms with E-state index >= 15 is 0 Å². The SMILES string of the molecule is CO[Si](C)(C)OC(C)(CCN)CCCN. The summed E-state index contributed by atoms with van der Waals surface area (Å²) in [6, 6.07) is 0. The summed E-state index contributed by atoms with van der Waals surface area (Å²) in [7, 11) is -0.290. The number of rotatable bonds is 8. The molecule has 0 radical (unpaired) electrons. The largest absolute Gasteiger partial charge is 0.398 e. The predicted molar refractivity (Wildman–Crippen MR) is 65.9 cm³/mol. The molecule has 0 heterocycles. The Morgan fingerprint density at radius 2 is 1.73 bits per heavy atom. The zero-order valence-corrected chi connectivity index (χ0v) is 11.5. The average molecular weight is 234 g/mol. The monoisotopic (exact) mass is 234 g/mol. The molecular weight excluding hydrogens is 208 g/mol. The van der Waals surface area contributed by atoms with Crippen molar-refractivity contribution in [1.82, 2.24) is 0 Å². The van der Waals surface area contributed by atoms with E-state index in [-0.39, 0.29) is 5.60 Å². The fourth-order valence-electron chi connectivity index (χ4n) is 1.64. The van der Waals surface area contributed by atoms with Gasteiger partial charge in [-0.1, -0.05) is 0 Å². The molecule has 0 aliphatic rings. The number of nitrogens with two attached hydrogens (primary N) is 2. The van der Waals surface area contributed by atoms with Crippen LogP contribution in [0.1, 0.15) is 26.2 Å². The molecule has 15 heavy (non-hydrogen) atoms. The van der Waals surface area contributed by atoms with Gasteiger partial charge in [0.05, 0.1) is 5.60 Å². The zero-order valence-electron chi connectivity index (χ0n) is 10.5. The summed E-state index contributed by atoms with van der Waals surface area (Å²) in [6.45, 7) is 7.52. The Hall–Kier alpha value is 0.0569. The van der Waals surface area contributed by atoms with Crippen LogP contribution >= 0.6 is 0 Å². The lowest BCUT2D eigenvalue weighted by Gasteiger charge is -2.36. The van der Waals surface area contributed by atoms with Gasteiger partial charge in [0.1, 0.15) is 0 Å². The third kappa shape index (κ3) is 6.27. The minimum Gasteiger partial charge on any atom is -0.398 e. The summed E-state index contributed by atoms with van der Waals surface area (Å²) in [6.07, 6.45) is 2.76. The van der Waals surface area contributed by atoms with Crippen LogP contribution in [0.4, 0.5) is 0 Å². The van der Waals surface area contributed by atoms with Gasteiger partial charge in [0.15, 0.2) is 0 Å². The highest BCUT2D eigenvalue weighted by Crippen LogP contribution is 2.26. The Kier molecular flexibility index (Phi) is 6.62. The predicted octanol–water partition coefficient (Wildman–Crippen LogP) is 1.20. The van der Waals surface area contributed by atoms with E-state index in [0.717, 1.165) is 19.3 Å². The molecule has 0 aliphatic heterocycles. The summed E-state index contributed by atoms with van der Waals surface area (Å²) in [5, 5.41) is 0. The lowest BCUT2D eigenvalue weighted by Crippen LogP contribution is -2.45. The van der Waals surface area contributed by atoms with E-state index in [4.69, 9.17) is 20.3 Å². The second-order valence-electron chi connectivity index (χ2n) is 4.59. The van der Waals surface area contributed by atoms with Gasteiger partial charge in [-0.2, -0.15) is 0 Å². The molecule has 5 heteroatoms. The van der Waals surface area contributed by atoms with Crippen molar-refractivity contribution in [1.29, 1.82) is 0 Å². The summed E-state index contributed by atoms with van der Waals surface area (Å²) < 4.78 is 11.5. The van der Waals surface area contributed by atoms with Crippen LogP contribution in [0.2, 0.25) is 13.1 Å². The maximum atomic E-state index is 6.10. The summed E-state index contributed by atoms with van der Waals surface area (Å²) >= 11 is 0. The van der Waals surface area contributed by atoms with E-state index in [9.17, 15) is 0 Å². The zero-order chi connectivity index (χ0) is 11.9. The van der Waals surface area contributed by atoms with Crippen molar-refractivity contribution < 1.29 is 8.85 Å². The van der Waals surface area contributed by atoms with Crippen LogP contribution in [-0.2, 0) is 8.85 Å². The normalized spacial score (nSPS) is 16.4. The lowest BCUT2D eigenvalue weighted by molar-refractivity contribution is 0.0323. The first kappa shape index (κ1) is 15.1. The Morgan fingerprint density at radius 1 is 1.13 bits per heavy atom. The van der Waals surface area contributed by atoms with Gasteiger partial charge < -0.3 is 20.3 Å². The van der Waals surface area contributed by atoms with Crippen LogP contribution in [-0.4, -0.2) is 34.4 Å². The van der Waals surface area contributed by atoms with Gasteiger partial charge in [-0.25, -0.2) is 0 Å². The van der Waals surface area contributed by atoms with E-state index in [0.29, 0.717) is 13.1 Å². The molecule has 0 rings (SSSR count). The Morgan fingerprint density at radius 3 is 2.13 bits per heavy atom. The third-order valence-corrected chi connectivity index (χ3v) is 4.53. The van der Waals surface area contributed by atoms with Crippen LogP contribution in [0.3, 0.4) is 0 Å². The molecule has 4 nitrogen and oxygen atoms in total. The summed E-state index contributed by atoms with van der Waals surface area (Å²) in [4.78, 5) is 0. The van der Waals surface area contributed by atoms with Crippen molar-refractivity contribution in [2.24, 2.45) is 11.5 Å². The quantitative estimate of drug-likeness (QED) is 0.619. The number of hydrogen-bond donors (Lipinski definition) is 2. The molecule has 4 N–H and O–H groups in total. The third-order valence-electron chi connectivity index (χ3n) is 2.57. The van der Waals surface area contributed by atoms with Crippen LogP contribution in [0.25, 0.3) is 0 Å². The number of hydrogen-bond acceptors (Lipinski definition) is 4. The highest BCUT2D eigenvalue weighted by molar-refractivity contribution is 6.64. The fourth-order valence-corrected chi connectivity index (χ4v) is 3.12. The Labute approximate surface area is 94.6 Å². The first-order valence-corrected chi connectivity index (χ1v) is 8.36. The maximum Gasteiger partial charge on any atom is 0.331 e. The molecule has 0 aromatic carbocycles. The molecule has 0 saturated heterocycles. The summed E-state index contributed by atoms with van der Waals surface area (Å²) in [5.74, 6) is 0. The lowest BCUT2D eigenvalue weighted by atomic mass is 9.96. The van der Waals surface area contributed by atoms with Crippen molar-refractivity contribution >= 4 is 8.56 Å². The molecule has 0 aliphatic carbocycles. The second-order valence-corrected chi connectivity index (χ2v) is 8.00. The maximum absolute atomic E-state index is 6.10. The van der Waals surface area contributed by atoms with Crippen LogP contribution in [0.15, 0.2) is 0 Å². The van der Waals surface area contributed by atoms with Gasteiger partial charge in [-0.3, -0.25) is 0 Å². The van der Waals surface area contributed by atoms with E-state index in [1.807, 2.05) is 13.1 Å². The molecule has 0 spiro atoms. The van der Waals surface area contributed by atoms with Gasteiger partial charge in [-0.15, -0.1) is 0 Å². The van der Waals surface area contributed by atoms with E-state index in [2.05, 4.69) is 6.92 Å². The molecule has 0 aromatic heterocycles. The van der Waals surface area contributed by atoms with E-state index in [1.165, 1.54) is 0 Å². The van der Waals surface area contributed by atoms with Crippen molar-refractivity contribution in [3.63, 3.8) is 0 Å². The first-order chi connectivity index (χ1) is 6.89. The van der Waals surface area contributed by atoms with Crippen molar-refractivity contribution in [2.75, 3.05) is 20.2 Å². The molecule has 0 saturated carbocycles. The van der Waals surface area contributed by atoms with Gasteiger partial charge >= 0.3 is 8.56 Å². The minimum atomic E-state index is -2.00. The molecule has 0 fully saturated rings. The van der Waals surface area contributed by atoms with Crippen LogP contribution in [0.5, 0.6) is 0 Å². The highest BCUT2D eigenvalue weighted by Gasteiger charge is 2.34. The van der Waals surface area contributed by atoms with E-state index < -0.39 is 8.56 Å². The van der Waals surface area contributed by atoms with Crippen molar-refractivity contribution in [3.05, 3.63) is 0 Å². The van der Waals surface area contributed by atoms with Gasteiger partial charge in [0, 0.05) is 7.11 Å². The van der Waals surface area contributed by atoms with Crippen LogP contribution < -0.4 is 11.5 Å². The Bertz CT molecular complexity index is 179. The van der Waals surface area contributed by atoms with Gasteiger partial charge in [0.25, 0.3) is 0 Å². The highest BCUT2D eigenvalue weighted by atomic mass is 28.4. The molecule has 92 valence electrons. The Balaban J connectivity index is 4.35. The molecule has 0 amide bonds. The minimum absolute atomic E-state index is 0.181. The second kappa shape index (κ2) is 6.60. The summed E-state index contributed by atoms with van der Waals surface area (Å²) in [5.41, 5.74) is 11.0. The first-order valence-electron chi connectivity index (χ1n) is 5.54. The topological polar surface area (TPSA) is 70.5 Å². The average Bonchev–Trinajstić information content (AvgIpc) is 2.14. The molecule has 0 bridgehead atoms. The van der Waals surface area contributed by atoms with Gasteiger partial charge in [0.2, 0.25) is 0 Å². The van der Waals surface area contributed by atoms with Crippen molar-refractivity contribution in [2.45, 2.75) is 44.9 Å². The molecule has 1 atom stereocenters. The van der Waals surface area contributed by atoms with Crippen molar-refractivity contribution in [3.8, 4) is 0 Å². The fraction of sp³-hybridized carbons (Fsp3) is 1.00. The standard InChI is InChI=1S/C10H26N2O2Si/c1-10(7-9-12,6-5-8-11)14-15(3,4)13-2/h5-9,11-12H2,1-4H3. The molecule has 0 aromatic rings. The smallest absolute Gasteiger partial charge is 0.331 e. The van der Waals surface area contributed by atoms with Gasteiger partial charge in [-0.05, 0) is 52.4 Å². The molecule has 1 unspecified atom stereocenters. The van der Waals surface area contributed by atoms with E-state index in [1.54, 1.807) is 7.11 Å².